The molecule has 0 saturated heterocycles. The lowest BCUT2D eigenvalue weighted by Gasteiger charge is -2.09. The summed E-state index contributed by atoms with van der Waals surface area (Å²) in [6, 6.07) is 22.0. The Morgan fingerprint density at radius 2 is 1.64 bits per heavy atom. The molecule has 4 rings (SSSR count). The first-order chi connectivity index (χ1) is 15.9. The zero-order valence-electron chi connectivity index (χ0n) is 17.0. The number of carbonyl (C=O) groups is 2. The van der Waals surface area contributed by atoms with Gasteiger partial charge >= 0.3 is 5.97 Å². The first-order valence-electron chi connectivity index (χ1n) is 9.74. The molecule has 33 heavy (non-hydrogen) atoms. The molecule has 0 saturated carbocycles. The van der Waals surface area contributed by atoms with Crippen molar-refractivity contribution in [1.82, 2.24) is 5.43 Å². The van der Waals surface area contributed by atoms with Gasteiger partial charge in [0, 0.05) is 10.0 Å². The van der Waals surface area contributed by atoms with E-state index >= 15 is 0 Å². The lowest BCUT2D eigenvalue weighted by molar-refractivity contribution is 0.0734. The van der Waals surface area contributed by atoms with Gasteiger partial charge in [-0.05, 0) is 53.2 Å². The van der Waals surface area contributed by atoms with E-state index in [0.29, 0.717) is 5.56 Å². The van der Waals surface area contributed by atoms with Crippen molar-refractivity contribution in [2.24, 2.45) is 5.10 Å². The van der Waals surface area contributed by atoms with Crippen LogP contribution < -0.4 is 10.2 Å². The van der Waals surface area contributed by atoms with Gasteiger partial charge in [0.1, 0.15) is 11.5 Å². The molecule has 4 aromatic rings. The molecule has 0 fully saturated rings. The van der Waals surface area contributed by atoms with Gasteiger partial charge in [0.2, 0.25) is 0 Å². The van der Waals surface area contributed by atoms with E-state index in [-0.39, 0.29) is 27.6 Å². The fourth-order valence-corrected chi connectivity index (χ4v) is 3.72. The Morgan fingerprint density at radius 1 is 0.939 bits per heavy atom. The Hall–Kier alpha value is -3.68. The molecule has 8 heteroatoms. The minimum Gasteiger partial charge on any atom is -0.507 e. The third-order valence-corrected chi connectivity index (χ3v) is 5.57. The average molecular weight is 524 g/mol. The topological polar surface area (TPSA) is 88.0 Å². The van der Waals surface area contributed by atoms with Gasteiger partial charge in [0.25, 0.3) is 5.91 Å². The fourth-order valence-electron chi connectivity index (χ4n) is 3.13. The Morgan fingerprint density at radius 3 is 2.39 bits per heavy atom. The minimum absolute atomic E-state index is 0.0884. The molecule has 4 aromatic carbocycles. The first kappa shape index (κ1) is 22.5. The summed E-state index contributed by atoms with van der Waals surface area (Å²) in [7, 11) is 0. The van der Waals surface area contributed by atoms with E-state index in [4.69, 9.17) is 16.3 Å². The van der Waals surface area contributed by atoms with Crippen LogP contribution in [0.4, 0.5) is 0 Å². The van der Waals surface area contributed by atoms with Gasteiger partial charge in [-0.1, -0.05) is 63.9 Å². The highest BCUT2D eigenvalue weighted by Gasteiger charge is 2.15. The van der Waals surface area contributed by atoms with Crippen molar-refractivity contribution in [2.75, 3.05) is 0 Å². The summed E-state index contributed by atoms with van der Waals surface area (Å²) in [5, 5.41) is 16.1. The zero-order chi connectivity index (χ0) is 23.4. The number of nitrogens with one attached hydrogen (secondary N) is 1. The van der Waals surface area contributed by atoms with Crippen molar-refractivity contribution >= 4 is 56.4 Å². The highest BCUT2D eigenvalue weighted by molar-refractivity contribution is 9.10. The quantitative estimate of drug-likeness (QED) is 0.147. The summed E-state index contributed by atoms with van der Waals surface area (Å²) in [5.41, 5.74) is 3.14. The lowest BCUT2D eigenvalue weighted by Crippen LogP contribution is -2.18. The van der Waals surface area contributed by atoms with Gasteiger partial charge in [-0.2, -0.15) is 5.10 Å². The lowest BCUT2D eigenvalue weighted by atomic mass is 10.1. The molecule has 0 aromatic heterocycles. The van der Waals surface area contributed by atoms with Crippen LogP contribution >= 0.6 is 27.5 Å². The minimum atomic E-state index is -0.623. The van der Waals surface area contributed by atoms with Crippen LogP contribution in [0.1, 0.15) is 26.3 Å². The average Bonchev–Trinajstić information content (AvgIpc) is 2.80. The summed E-state index contributed by atoms with van der Waals surface area (Å²) >= 11 is 9.44. The Bertz CT molecular complexity index is 1400. The maximum atomic E-state index is 12.6. The number of hydrogen-bond acceptors (Lipinski definition) is 5. The molecule has 0 heterocycles. The number of rotatable bonds is 5. The Labute approximate surface area is 202 Å². The number of hydrazone groups is 1. The molecule has 0 unspecified atom stereocenters. The second-order valence-corrected chi connectivity index (χ2v) is 8.29. The molecule has 0 aliphatic carbocycles. The molecular weight excluding hydrogens is 508 g/mol. The number of nitrogens with zero attached hydrogens (tertiary/aromatic N) is 1. The number of amides is 1. The molecule has 0 aliphatic heterocycles. The molecule has 0 bridgehead atoms. The van der Waals surface area contributed by atoms with Crippen LogP contribution in [-0.2, 0) is 0 Å². The van der Waals surface area contributed by atoms with Crippen LogP contribution in [-0.4, -0.2) is 23.2 Å². The number of halogens is 2. The predicted molar refractivity (Wildman–Crippen MR) is 131 cm³/mol. The van der Waals surface area contributed by atoms with E-state index in [2.05, 4.69) is 26.5 Å². The molecule has 0 radical (unpaired) electrons. The van der Waals surface area contributed by atoms with Gasteiger partial charge in [-0.25, -0.2) is 10.2 Å². The maximum Gasteiger partial charge on any atom is 0.345 e. The van der Waals surface area contributed by atoms with Crippen LogP contribution in [0.2, 0.25) is 5.02 Å². The normalized spacial score (nSPS) is 11.0. The van der Waals surface area contributed by atoms with Gasteiger partial charge < -0.3 is 9.84 Å². The smallest absolute Gasteiger partial charge is 0.345 e. The number of benzene rings is 4. The van der Waals surface area contributed by atoms with Gasteiger partial charge in [0.05, 0.1) is 22.4 Å². The predicted octanol–water partition coefficient (Wildman–Crippen LogP) is 5.94. The number of hydrogen-bond donors (Lipinski definition) is 2. The van der Waals surface area contributed by atoms with Gasteiger partial charge in [-0.3, -0.25) is 4.79 Å². The third-order valence-electron chi connectivity index (χ3n) is 4.75. The zero-order valence-corrected chi connectivity index (χ0v) is 19.3. The van der Waals surface area contributed by atoms with Crippen molar-refractivity contribution in [2.45, 2.75) is 0 Å². The highest BCUT2D eigenvalue weighted by atomic mass is 79.9. The second kappa shape index (κ2) is 9.85. The number of phenolic OH excluding ortho intramolecular Hbond substituents is 1. The summed E-state index contributed by atoms with van der Waals surface area (Å²) < 4.78 is 6.21. The van der Waals surface area contributed by atoms with E-state index in [9.17, 15) is 14.7 Å². The summed E-state index contributed by atoms with van der Waals surface area (Å²) in [6.45, 7) is 0. The SMILES string of the molecule is O=C(N/N=C\c1cc(Br)ccc1OC(=O)c1ccccc1Cl)c1cc2ccccc2cc1O. The van der Waals surface area contributed by atoms with Crippen molar-refractivity contribution in [3.05, 3.63) is 105 Å². The molecule has 2 N–H and O–H groups in total. The van der Waals surface area contributed by atoms with Gasteiger partial charge in [0.15, 0.2) is 0 Å². The molecule has 0 atom stereocenters. The third kappa shape index (κ3) is 5.22. The number of fused-ring (bicyclic) bond motifs is 1. The van der Waals surface area contributed by atoms with Crippen molar-refractivity contribution in [3.8, 4) is 11.5 Å². The molecular formula is C25H16BrClN2O4. The van der Waals surface area contributed by atoms with Crippen LogP contribution in [0.15, 0.2) is 88.4 Å². The number of ether oxygens (including phenoxy) is 1. The van der Waals surface area contributed by atoms with E-state index in [1.807, 2.05) is 24.3 Å². The molecule has 164 valence electrons. The van der Waals surface area contributed by atoms with Crippen molar-refractivity contribution < 1.29 is 19.4 Å². The Balaban J connectivity index is 1.53. The number of aromatic hydroxyl groups is 1. The van der Waals surface area contributed by atoms with E-state index in [1.54, 1.807) is 48.5 Å². The van der Waals surface area contributed by atoms with Crippen LogP contribution in [0, 0.1) is 0 Å². The first-order valence-corrected chi connectivity index (χ1v) is 10.9. The van der Waals surface area contributed by atoms with Crippen molar-refractivity contribution in [1.29, 1.82) is 0 Å². The number of phenols is 1. The van der Waals surface area contributed by atoms with E-state index < -0.39 is 11.9 Å². The number of carbonyl (C=O) groups excluding carboxylic acids is 2. The highest BCUT2D eigenvalue weighted by Crippen LogP contribution is 2.26. The summed E-state index contributed by atoms with van der Waals surface area (Å²) in [4.78, 5) is 25.1. The number of esters is 1. The summed E-state index contributed by atoms with van der Waals surface area (Å²) in [6.07, 6.45) is 1.34. The molecule has 6 nitrogen and oxygen atoms in total. The van der Waals surface area contributed by atoms with E-state index in [1.165, 1.54) is 12.3 Å². The maximum absolute atomic E-state index is 12.6. The molecule has 0 spiro atoms. The van der Waals surface area contributed by atoms with E-state index in [0.717, 1.165) is 15.2 Å². The molecule has 1 amide bonds. The Kier molecular flexibility index (Phi) is 6.72. The monoisotopic (exact) mass is 522 g/mol. The fraction of sp³-hybridized carbons (Fsp3) is 0. The molecule has 0 aliphatic rings. The largest absolute Gasteiger partial charge is 0.507 e. The van der Waals surface area contributed by atoms with Crippen LogP contribution in [0.3, 0.4) is 0 Å². The standard InChI is InChI=1S/C25H16BrClN2O4/c26-18-9-10-23(33-25(32)19-7-3-4-8-21(19)27)17(11-18)14-28-29-24(31)20-12-15-5-1-2-6-16(15)13-22(20)30/h1-14,30H,(H,29,31)/b28-14-. The van der Waals surface area contributed by atoms with Gasteiger partial charge in [-0.15, -0.1) is 0 Å². The van der Waals surface area contributed by atoms with Crippen molar-refractivity contribution in [3.63, 3.8) is 0 Å². The van der Waals surface area contributed by atoms with Crippen LogP contribution in [0.25, 0.3) is 10.8 Å². The van der Waals surface area contributed by atoms with Crippen LogP contribution in [0.5, 0.6) is 11.5 Å². The summed E-state index contributed by atoms with van der Waals surface area (Å²) in [5.74, 6) is -1.13. The second-order valence-electron chi connectivity index (χ2n) is 6.97.